The minimum absolute atomic E-state index is 0.145. The number of ether oxygens (including phenoxy) is 1. The van der Waals surface area contributed by atoms with Gasteiger partial charge in [-0.2, -0.15) is 10.2 Å². The van der Waals surface area contributed by atoms with E-state index in [9.17, 15) is 19.7 Å². The van der Waals surface area contributed by atoms with Crippen molar-refractivity contribution in [2.24, 2.45) is 0 Å². The summed E-state index contributed by atoms with van der Waals surface area (Å²) in [5, 5.41) is 22.0. The van der Waals surface area contributed by atoms with Crippen LogP contribution in [0.3, 0.4) is 0 Å². The van der Waals surface area contributed by atoms with E-state index in [2.05, 4.69) is 20.5 Å². The molecule has 12 heteroatoms. The first-order valence-electron chi connectivity index (χ1n) is 9.96. The number of carbonyl (C=O) groups excluding carboxylic acids is 2. The lowest BCUT2D eigenvalue weighted by molar-refractivity contribution is -0.385. The van der Waals surface area contributed by atoms with Crippen LogP contribution in [-0.4, -0.2) is 47.8 Å². The summed E-state index contributed by atoms with van der Waals surface area (Å²) >= 11 is 0. The number of fused-ring (bicyclic) bond motifs is 1. The molecule has 0 saturated heterocycles. The van der Waals surface area contributed by atoms with Gasteiger partial charge in [-0.3, -0.25) is 19.6 Å². The molecule has 33 heavy (non-hydrogen) atoms. The van der Waals surface area contributed by atoms with Crippen molar-refractivity contribution >= 4 is 28.9 Å². The van der Waals surface area contributed by atoms with Crippen LogP contribution in [0.2, 0.25) is 0 Å². The van der Waals surface area contributed by atoms with Crippen molar-refractivity contribution in [3.8, 4) is 11.3 Å². The fourth-order valence-electron chi connectivity index (χ4n) is 3.33. The van der Waals surface area contributed by atoms with Crippen molar-refractivity contribution in [3.05, 3.63) is 70.3 Å². The number of nitrogens with zero attached hydrogens (tertiary/aromatic N) is 6. The predicted octanol–water partition coefficient (Wildman–Crippen LogP) is 2.62. The number of anilines is 1. The summed E-state index contributed by atoms with van der Waals surface area (Å²) in [6.07, 6.45) is 4.19. The van der Waals surface area contributed by atoms with Crippen molar-refractivity contribution in [3.63, 3.8) is 0 Å². The lowest BCUT2D eigenvalue weighted by Crippen LogP contribution is -2.19. The molecule has 4 rings (SSSR count). The number of esters is 1. The minimum atomic E-state index is -0.543. The van der Waals surface area contributed by atoms with Gasteiger partial charge in [-0.15, -0.1) is 0 Å². The molecule has 1 amide bonds. The first-order valence-corrected chi connectivity index (χ1v) is 9.96. The van der Waals surface area contributed by atoms with Crippen molar-refractivity contribution in [2.45, 2.75) is 20.4 Å². The molecule has 4 aromatic rings. The molecule has 12 nitrogen and oxygen atoms in total. The summed E-state index contributed by atoms with van der Waals surface area (Å²) in [6, 6.07) is 8.78. The maximum Gasteiger partial charge on any atom is 0.343 e. The van der Waals surface area contributed by atoms with Gasteiger partial charge in [0.2, 0.25) is 5.91 Å². The van der Waals surface area contributed by atoms with E-state index in [1.54, 1.807) is 37.4 Å². The van der Waals surface area contributed by atoms with Crippen molar-refractivity contribution in [1.82, 2.24) is 24.4 Å². The van der Waals surface area contributed by atoms with Gasteiger partial charge in [0, 0.05) is 17.4 Å². The highest BCUT2D eigenvalue weighted by atomic mass is 16.6. The topological polar surface area (TPSA) is 147 Å². The quantitative estimate of drug-likeness (QED) is 0.257. The van der Waals surface area contributed by atoms with Gasteiger partial charge >= 0.3 is 11.7 Å². The zero-order valence-corrected chi connectivity index (χ0v) is 17.8. The third-order valence-corrected chi connectivity index (χ3v) is 4.76. The fraction of sp³-hybridized carbons (Fsp3) is 0.190. The van der Waals surface area contributed by atoms with Crippen LogP contribution in [-0.2, 0) is 16.1 Å². The van der Waals surface area contributed by atoms with Crippen LogP contribution in [0, 0.1) is 17.0 Å². The van der Waals surface area contributed by atoms with Gasteiger partial charge in [-0.25, -0.2) is 14.3 Å². The van der Waals surface area contributed by atoms with E-state index >= 15 is 0 Å². The fourth-order valence-corrected chi connectivity index (χ4v) is 3.33. The number of hydrogen-bond donors (Lipinski definition) is 1. The van der Waals surface area contributed by atoms with Gasteiger partial charge < -0.3 is 10.1 Å². The number of aryl methyl sites for hydroxylation is 1. The van der Waals surface area contributed by atoms with Crippen LogP contribution in [0.1, 0.15) is 23.0 Å². The molecule has 0 unspecified atom stereocenters. The molecular formula is C21H19N7O5. The Morgan fingerprint density at radius 1 is 1.27 bits per heavy atom. The van der Waals surface area contributed by atoms with Crippen LogP contribution >= 0.6 is 0 Å². The summed E-state index contributed by atoms with van der Waals surface area (Å²) in [5.74, 6) is -0.902. The second kappa shape index (κ2) is 8.86. The SMILES string of the molecule is CCOC(=O)c1cnn2c(-c3cccc(NC(=O)Cn4cc([N+](=O)[O-])c(C)n4)c3)ccnc12. The first kappa shape index (κ1) is 21.6. The summed E-state index contributed by atoms with van der Waals surface area (Å²) in [5.41, 5.74) is 2.60. The Kier molecular flexibility index (Phi) is 5.81. The molecule has 0 atom stereocenters. The summed E-state index contributed by atoms with van der Waals surface area (Å²) in [6.45, 7) is 3.29. The van der Waals surface area contributed by atoms with Crippen molar-refractivity contribution in [2.75, 3.05) is 11.9 Å². The number of hydrogen-bond acceptors (Lipinski definition) is 8. The van der Waals surface area contributed by atoms with Crippen LogP contribution in [0.4, 0.5) is 11.4 Å². The smallest absolute Gasteiger partial charge is 0.343 e. The Morgan fingerprint density at radius 2 is 2.09 bits per heavy atom. The third-order valence-electron chi connectivity index (χ3n) is 4.76. The van der Waals surface area contributed by atoms with Gasteiger partial charge in [0.1, 0.15) is 24.0 Å². The standard InChI is InChI=1S/C21H19N7O5/c1-3-33-21(30)16-10-23-27-17(7-8-22-20(16)27)14-5-4-6-15(9-14)24-19(29)12-26-11-18(28(31)32)13(2)25-26/h4-11H,3,12H2,1-2H3,(H,24,29). The van der Waals surface area contributed by atoms with E-state index < -0.39 is 16.8 Å². The van der Waals surface area contributed by atoms with E-state index in [1.807, 2.05) is 6.07 Å². The Labute approximate surface area is 187 Å². The molecule has 0 bridgehead atoms. The number of nitrogens with one attached hydrogen (secondary N) is 1. The second-order valence-corrected chi connectivity index (χ2v) is 7.03. The number of rotatable bonds is 7. The monoisotopic (exact) mass is 449 g/mol. The molecular weight excluding hydrogens is 430 g/mol. The molecule has 1 N–H and O–H groups in total. The summed E-state index contributed by atoms with van der Waals surface area (Å²) < 4.78 is 7.80. The van der Waals surface area contributed by atoms with Gasteiger partial charge in [0.05, 0.1) is 23.4 Å². The molecule has 0 aliphatic carbocycles. The molecule has 0 saturated carbocycles. The van der Waals surface area contributed by atoms with E-state index in [0.717, 1.165) is 5.56 Å². The average Bonchev–Trinajstić information content (AvgIpc) is 3.37. The van der Waals surface area contributed by atoms with Gasteiger partial charge in [-0.1, -0.05) is 12.1 Å². The zero-order valence-electron chi connectivity index (χ0n) is 17.8. The molecule has 0 fully saturated rings. The van der Waals surface area contributed by atoms with E-state index in [4.69, 9.17) is 4.74 Å². The maximum atomic E-state index is 12.5. The molecule has 168 valence electrons. The predicted molar refractivity (Wildman–Crippen MR) is 117 cm³/mol. The first-order chi connectivity index (χ1) is 15.9. The average molecular weight is 449 g/mol. The van der Waals surface area contributed by atoms with Crippen LogP contribution in [0.5, 0.6) is 0 Å². The molecule has 0 aliphatic rings. The zero-order chi connectivity index (χ0) is 23.5. The number of aromatic nitrogens is 5. The number of amides is 1. The lowest BCUT2D eigenvalue weighted by atomic mass is 10.1. The molecule has 1 aromatic carbocycles. The Hall–Kier alpha value is -4.61. The molecule has 0 spiro atoms. The molecule has 0 radical (unpaired) electrons. The lowest BCUT2D eigenvalue weighted by Gasteiger charge is -2.09. The maximum absolute atomic E-state index is 12.5. The van der Waals surface area contributed by atoms with Gasteiger partial charge in [-0.05, 0) is 32.0 Å². The summed E-state index contributed by atoms with van der Waals surface area (Å²) in [7, 11) is 0. The Bertz CT molecular complexity index is 1370. The Balaban J connectivity index is 1.56. The molecule has 0 aliphatic heterocycles. The third kappa shape index (κ3) is 4.39. The van der Waals surface area contributed by atoms with E-state index in [-0.39, 0.29) is 30.1 Å². The second-order valence-electron chi connectivity index (χ2n) is 7.03. The highest BCUT2D eigenvalue weighted by Gasteiger charge is 2.18. The molecule has 3 aromatic heterocycles. The van der Waals surface area contributed by atoms with Gasteiger partial charge in [0.15, 0.2) is 5.65 Å². The van der Waals surface area contributed by atoms with E-state index in [0.29, 0.717) is 17.0 Å². The van der Waals surface area contributed by atoms with Crippen LogP contribution in [0.15, 0.2) is 48.9 Å². The Morgan fingerprint density at radius 3 is 2.82 bits per heavy atom. The summed E-state index contributed by atoms with van der Waals surface area (Å²) in [4.78, 5) is 39.3. The van der Waals surface area contributed by atoms with E-state index in [1.165, 1.54) is 28.5 Å². The number of nitro groups is 1. The molecule has 3 heterocycles. The highest BCUT2D eigenvalue weighted by molar-refractivity contribution is 5.96. The van der Waals surface area contributed by atoms with Crippen LogP contribution in [0.25, 0.3) is 16.9 Å². The van der Waals surface area contributed by atoms with Crippen LogP contribution < -0.4 is 5.32 Å². The number of carbonyl (C=O) groups is 2. The highest BCUT2D eigenvalue weighted by Crippen LogP contribution is 2.24. The van der Waals surface area contributed by atoms with Crippen molar-refractivity contribution in [1.29, 1.82) is 0 Å². The largest absolute Gasteiger partial charge is 0.462 e. The minimum Gasteiger partial charge on any atom is -0.462 e. The van der Waals surface area contributed by atoms with Gasteiger partial charge in [0.25, 0.3) is 0 Å². The van der Waals surface area contributed by atoms with Crippen molar-refractivity contribution < 1.29 is 19.2 Å². The number of benzene rings is 1. The normalized spacial score (nSPS) is 10.8.